The van der Waals surface area contributed by atoms with Gasteiger partial charge in [-0.1, -0.05) is 25.3 Å². The Kier molecular flexibility index (Phi) is 5.74. The van der Waals surface area contributed by atoms with Crippen LogP contribution in [0.2, 0.25) is 0 Å². The number of hydrogen-bond donors (Lipinski definition) is 1. The number of nitrogens with two attached hydrogens (primary N) is 1. The van der Waals surface area contributed by atoms with E-state index in [1.54, 1.807) is 0 Å². The molecule has 1 saturated carbocycles. The van der Waals surface area contributed by atoms with Gasteiger partial charge in [0, 0.05) is 23.8 Å². The predicted octanol–water partition coefficient (Wildman–Crippen LogP) is 4.18. The van der Waals surface area contributed by atoms with Crippen molar-refractivity contribution in [2.45, 2.75) is 57.9 Å². The zero-order valence-electron chi connectivity index (χ0n) is 13.4. The van der Waals surface area contributed by atoms with E-state index in [0.29, 0.717) is 17.6 Å². The van der Waals surface area contributed by atoms with E-state index in [4.69, 9.17) is 5.73 Å². The van der Waals surface area contributed by atoms with E-state index in [1.807, 2.05) is 25.1 Å². The number of likely N-dealkylation sites (tertiary alicyclic amines) is 1. The lowest BCUT2D eigenvalue weighted by atomic mass is 9.83. The molecule has 1 aliphatic heterocycles. The normalized spacial score (nSPS) is 22.4. The molecule has 0 radical (unpaired) electrons. The molecule has 1 atom stereocenters. The van der Waals surface area contributed by atoms with Crippen LogP contribution in [0, 0.1) is 12.8 Å². The van der Waals surface area contributed by atoms with Crippen molar-refractivity contribution < 1.29 is 4.79 Å². The van der Waals surface area contributed by atoms with Gasteiger partial charge < -0.3 is 10.6 Å². The molecule has 122 valence electrons. The number of amides is 1. The third-order valence-electron chi connectivity index (χ3n) is 5.25. The summed E-state index contributed by atoms with van der Waals surface area (Å²) in [5.74, 6) is 0.902. The first-order chi connectivity index (χ1) is 10.2. The van der Waals surface area contributed by atoms with Gasteiger partial charge in [-0.3, -0.25) is 4.79 Å². The molecule has 2 N–H and O–H groups in total. The quantitative estimate of drug-likeness (QED) is 0.830. The lowest BCUT2D eigenvalue weighted by Gasteiger charge is -2.34. The minimum Gasteiger partial charge on any atom is -0.399 e. The van der Waals surface area contributed by atoms with Crippen LogP contribution >= 0.6 is 12.4 Å². The summed E-state index contributed by atoms with van der Waals surface area (Å²) in [6.07, 6.45) is 8.95. The molecule has 3 rings (SSSR count). The maximum atomic E-state index is 12.9. The second kappa shape index (κ2) is 7.36. The van der Waals surface area contributed by atoms with E-state index >= 15 is 0 Å². The summed E-state index contributed by atoms with van der Waals surface area (Å²) in [6, 6.07) is 6.12. The molecule has 0 spiro atoms. The van der Waals surface area contributed by atoms with Crippen LogP contribution in [0.4, 0.5) is 5.69 Å². The fraction of sp³-hybridized carbons (Fsp3) is 0.611. The summed E-state index contributed by atoms with van der Waals surface area (Å²) in [6.45, 7) is 2.91. The second-order valence-corrected chi connectivity index (χ2v) is 6.68. The van der Waals surface area contributed by atoms with Gasteiger partial charge in [0.1, 0.15) is 0 Å². The summed E-state index contributed by atoms with van der Waals surface area (Å²) in [4.78, 5) is 15.1. The van der Waals surface area contributed by atoms with Crippen LogP contribution in [0.25, 0.3) is 0 Å². The first-order valence-corrected chi connectivity index (χ1v) is 8.34. The Hall–Kier alpha value is -1.22. The van der Waals surface area contributed by atoms with Crippen LogP contribution in [0.3, 0.4) is 0 Å². The summed E-state index contributed by atoms with van der Waals surface area (Å²) < 4.78 is 0. The van der Waals surface area contributed by atoms with E-state index in [2.05, 4.69) is 4.90 Å². The van der Waals surface area contributed by atoms with Crippen molar-refractivity contribution in [1.82, 2.24) is 4.90 Å². The zero-order valence-corrected chi connectivity index (χ0v) is 14.2. The van der Waals surface area contributed by atoms with E-state index in [0.717, 1.165) is 24.1 Å². The van der Waals surface area contributed by atoms with Gasteiger partial charge in [0.05, 0.1) is 0 Å². The first kappa shape index (κ1) is 17.1. The summed E-state index contributed by atoms with van der Waals surface area (Å²) >= 11 is 0. The van der Waals surface area contributed by atoms with E-state index in [1.165, 1.54) is 38.5 Å². The maximum absolute atomic E-state index is 12.9. The second-order valence-electron chi connectivity index (χ2n) is 6.68. The Morgan fingerprint density at radius 3 is 2.59 bits per heavy atom. The summed E-state index contributed by atoms with van der Waals surface area (Å²) in [5, 5.41) is 0. The largest absolute Gasteiger partial charge is 0.399 e. The molecule has 0 bridgehead atoms. The minimum absolute atomic E-state index is 0. The van der Waals surface area contributed by atoms with Gasteiger partial charge >= 0.3 is 0 Å². The standard InChI is InChI=1S/C18H26N2O.ClH/c1-13-9-10-15(19)12-16(13)18(21)20-11-5-8-17(20)14-6-3-2-4-7-14;/h9-10,12,14,17H,2-8,11,19H2,1H3;1H. The van der Waals surface area contributed by atoms with Gasteiger partial charge in [-0.25, -0.2) is 0 Å². The van der Waals surface area contributed by atoms with Crippen molar-refractivity contribution in [1.29, 1.82) is 0 Å². The van der Waals surface area contributed by atoms with Crippen molar-refractivity contribution in [3.05, 3.63) is 29.3 Å². The monoisotopic (exact) mass is 322 g/mol. The Morgan fingerprint density at radius 1 is 1.14 bits per heavy atom. The molecule has 2 aliphatic rings. The smallest absolute Gasteiger partial charge is 0.254 e. The molecule has 1 aromatic carbocycles. The van der Waals surface area contributed by atoms with E-state index < -0.39 is 0 Å². The SMILES string of the molecule is Cc1ccc(N)cc1C(=O)N1CCCC1C1CCCCC1.Cl. The highest BCUT2D eigenvalue weighted by Gasteiger charge is 2.35. The van der Waals surface area contributed by atoms with Gasteiger partial charge in [0.2, 0.25) is 0 Å². The number of carbonyl (C=O) groups is 1. The highest BCUT2D eigenvalue weighted by Crippen LogP contribution is 2.35. The Morgan fingerprint density at radius 2 is 1.86 bits per heavy atom. The molecule has 1 aliphatic carbocycles. The van der Waals surface area contributed by atoms with Crippen molar-refractivity contribution in [2.24, 2.45) is 5.92 Å². The van der Waals surface area contributed by atoms with Crippen molar-refractivity contribution >= 4 is 24.0 Å². The predicted molar refractivity (Wildman–Crippen MR) is 93.5 cm³/mol. The third-order valence-corrected chi connectivity index (χ3v) is 5.25. The molecule has 2 fully saturated rings. The van der Waals surface area contributed by atoms with Crippen LogP contribution in [0.15, 0.2) is 18.2 Å². The Balaban J connectivity index is 0.00000176. The molecule has 1 unspecified atom stereocenters. The molecular formula is C18H27ClN2O. The molecule has 3 nitrogen and oxygen atoms in total. The van der Waals surface area contributed by atoms with Crippen molar-refractivity contribution in [3.63, 3.8) is 0 Å². The highest BCUT2D eigenvalue weighted by molar-refractivity contribution is 5.96. The van der Waals surface area contributed by atoms with Crippen LogP contribution in [0.1, 0.15) is 60.9 Å². The number of rotatable bonds is 2. The molecule has 4 heteroatoms. The van der Waals surface area contributed by atoms with Crippen molar-refractivity contribution in [2.75, 3.05) is 12.3 Å². The number of benzene rings is 1. The fourth-order valence-corrected chi connectivity index (χ4v) is 4.08. The lowest BCUT2D eigenvalue weighted by molar-refractivity contribution is 0.0661. The number of anilines is 1. The van der Waals surface area contributed by atoms with Gasteiger partial charge in [0.25, 0.3) is 5.91 Å². The summed E-state index contributed by atoms with van der Waals surface area (Å²) in [5.41, 5.74) is 8.37. The molecule has 1 heterocycles. The van der Waals surface area contributed by atoms with Gasteiger partial charge in [-0.15, -0.1) is 12.4 Å². The topological polar surface area (TPSA) is 46.3 Å². The Bertz CT molecular complexity index is 526. The molecule has 1 amide bonds. The van der Waals surface area contributed by atoms with E-state index in [9.17, 15) is 4.79 Å². The van der Waals surface area contributed by atoms with Gasteiger partial charge in [-0.2, -0.15) is 0 Å². The number of aryl methyl sites for hydroxylation is 1. The summed E-state index contributed by atoms with van der Waals surface area (Å²) in [7, 11) is 0. The number of halogens is 1. The molecule has 22 heavy (non-hydrogen) atoms. The first-order valence-electron chi connectivity index (χ1n) is 8.34. The molecule has 0 aromatic heterocycles. The third kappa shape index (κ3) is 3.40. The fourth-order valence-electron chi connectivity index (χ4n) is 4.08. The minimum atomic E-state index is 0. The lowest BCUT2D eigenvalue weighted by Crippen LogP contribution is -2.41. The number of carbonyl (C=O) groups excluding carboxylic acids is 1. The average molecular weight is 323 g/mol. The molecule has 1 aromatic rings. The maximum Gasteiger partial charge on any atom is 0.254 e. The van der Waals surface area contributed by atoms with Crippen LogP contribution in [-0.4, -0.2) is 23.4 Å². The Labute approximate surface area is 139 Å². The van der Waals surface area contributed by atoms with Gasteiger partial charge in [-0.05, 0) is 56.2 Å². The molecular weight excluding hydrogens is 296 g/mol. The van der Waals surface area contributed by atoms with Crippen molar-refractivity contribution in [3.8, 4) is 0 Å². The number of hydrogen-bond acceptors (Lipinski definition) is 2. The van der Waals surface area contributed by atoms with Gasteiger partial charge in [0.15, 0.2) is 0 Å². The highest BCUT2D eigenvalue weighted by atomic mass is 35.5. The number of nitrogens with zero attached hydrogens (tertiary/aromatic N) is 1. The van der Waals surface area contributed by atoms with Crippen LogP contribution in [0.5, 0.6) is 0 Å². The average Bonchev–Trinajstić information content (AvgIpc) is 2.99. The number of nitrogen functional groups attached to an aromatic ring is 1. The van der Waals surface area contributed by atoms with Crippen LogP contribution in [-0.2, 0) is 0 Å². The zero-order chi connectivity index (χ0) is 14.8. The van der Waals surface area contributed by atoms with E-state index in [-0.39, 0.29) is 18.3 Å². The molecule has 1 saturated heterocycles. The van der Waals surface area contributed by atoms with Crippen LogP contribution < -0.4 is 5.73 Å².